The van der Waals surface area contributed by atoms with Crippen LogP contribution in [0.3, 0.4) is 0 Å². The van der Waals surface area contributed by atoms with Crippen molar-refractivity contribution in [3.63, 3.8) is 0 Å². The van der Waals surface area contributed by atoms with Crippen molar-refractivity contribution in [1.82, 2.24) is 20.1 Å². The van der Waals surface area contributed by atoms with Crippen LogP contribution in [0.2, 0.25) is 5.15 Å². The predicted octanol–water partition coefficient (Wildman–Crippen LogP) is 3.92. The van der Waals surface area contributed by atoms with E-state index in [9.17, 15) is 4.79 Å². The van der Waals surface area contributed by atoms with Gasteiger partial charge in [0.25, 0.3) is 0 Å². The van der Waals surface area contributed by atoms with Crippen molar-refractivity contribution < 1.29 is 4.79 Å². The molecule has 26 heavy (non-hydrogen) atoms. The molecule has 0 aliphatic carbocycles. The van der Waals surface area contributed by atoms with E-state index in [2.05, 4.69) is 27.5 Å². The number of aromatic amines is 1. The molecule has 2 heterocycles. The van der Waals surface area contributed by atoms with Crippen LogP contribution >= 0.6 is 11.6 Å². The number of halogens is 1. The number of benzene rings is 2. The zero-order valence-corrected chi connectivity index (χ0v) is 15.0. The highest BCUT2D eigenvalue weighted by atomic mass is 35.5. The fourth-order valence-electron chi connectivity index (χ4n) is 3.23. The largest absolute Gasteiger partial charge is 0.361 e. The van der Waals surface area contributed by atoms with Crippen LogP contribution in [0.15, 0.2) is 54.7 Å². The number of hydrogen-bond donors (Lipinski definition) is 2. The molecule has 2 N–H and O–H groups in total. The molecule has 0 spiro atoms. The molecule has 0 atom stereocenters. The summed E-state index contributed by atoms with van der Waals surface area (Å²) in [4.78, 5) is 15.4. The lowest BCUT2D eigenvalue weighted by atomic mass is 10.1. The lowest BCUT2D eigenvalue weighted by molar-refractivity contribution is -0.121. The Morgan fingerprint density at radius 3 is 2.77 bits per heavy atom. The second kappa shape index (κ2) is 7.22. The van der Waals surface area contributed by atoms with Crippen LogP contribution in [0.1, 0.15) is 12.0 Å². The number of aromatic nitrogens is 3. The molecule has 6 heteroatoms. The third-order valence-corrected chi connectivity index (χ3v) is 4.83. The van der Waals surface area contributed by atoms with Crippen LogP contribution in [-0.2, 0) is 17.8 Å². The molecule has 0 saturated carbocycles. The topological polar surface area (TPSA) is 62.7 Å². The highest BCUT2D eigenvalue weighted by molar-refractivity contribution is 6.34. The first-order valence-corrected chi connectivity index (χ1v) is 9.03. The van der Waals surface area contributed by atoms with Crippen molar-refractivity contribution in [2.24, 2.45) is 0 Å². The third-order valence-electron chi connectivity index (χ3n) is 4.55. The molecule has 0 aliphatic heterocycles. The van der Waals surface area contributed by atoms with Gasteiger partial charge in [0.2, 0.25) is 5.91 Å². The van der Waals surface area contributed by atoms with E-state index in [1.165, 1.54) is 10.9 Å². The smallest absolute Gasteiger partial charge is 0.221 e. The minimum Gasteiger partial charge on any atom is -0.361 e. The Hall–Kier alpha value is -2.79. The Balaban J connectivity index is 1.31. The van der Waals surface area contributed by atoms with Gasteiger partial charge in [-0.05, 0) is 30.2 Å². The van der Waals surface area contributed by atoms with E-state index in [-0.39, 0.29) is 5.91 Å². The number of carbonyl (C=O) groups excluding carboxylic acids is 1. The fraction of sp³-hybridized carbons (Fsp3) is 0.200. The summed E-state index contributed by atoms with van der Waals surface area (Å²) in [6.45, 7) is 1.12. The van der Waals surface area contributed by atoms with Gasteiger partial charge in [-0.15, -0.1) is 0 Å². The molecule has 2 aromatic carbocycles. The maximum absolute atomic E-state index is 12.2. The van der Waals surface area contributed by atoms with Crippen molar-refractivity contribution >= 4 is 39.3 Å². The second-order valence-corrected chi connectivity index (χ2v) is 6.60. The number of hydrogen-bond acceptors (Lipinski definition) is 2. The average Bonchev–Trinajstić information content (AvgIpc) is 3.22. The zero-order valence-electron chi connectivity index (χ0n) is 14.2. The number of H-pyrrole nitrogens is 1. The Morgan fingerprint density at radius 2 is 1.88 bits per heavy atom. The molecule has 1 amide bonds. The number of aryl methyl sites for hydroxylation is 1. The summed E-state index contributed by atoms with van der Waals surface area (Å²) in [6, 6.07) is 15.9. The Labute approximate surface area is 156 Å². The van der Waals surface area contributed by atoms with Crippen LogP contribution in [0.25, 0.3) is 21.8 Å². The van der Waals surface area contributed by atoms with Gasteiger partial charge in [-0.3, -0.25) is 9.48 Å². The number of rotatable bonds is 6. The standard InChI is InChI=1S/C20H19ClN4O/c21-20-16-6-2-4-8-18(16)25(24-20)12-10-19(26)22-11-9-14-13-23-17-7-3-1-5-15(14)17/h1-8,13,23H,9-12H2,(H,22,26). The van der Waals surface area contributed by atoms with Gasteiger partial charge in [0, 0.05) is 35.5 Å². The van der Waals surface area contributed by atoms with Crippen molar-refractivity contribution in [3.05, 3.63) is 65.4 Å². The van der Waals surface area contributed by atoms with Gasteiger partial charge in [-0.1, -0.05) is 41.9 Å². The molecule has 0 aliphatic rings. The molecule has 4 rings (SSSR count). The fourth-order valence-corrected chi connectivity index (χ4v) is 3.48. The van der Waals surface area contributed by atoms with Crippen LogP contribution in [-0.4, -0.2) is 27.2 Å². The summed E-state index contributed by atoms with van der Waals surface area (Å²) in [7, 11) is 0. The first-order valence-electron chi connectivity index (χ1n) is 8.65. The van der Waals surface area contributed by atoms with Crippen LogP contribution < -0.4 is 5.32 Å². The number of para-hydroxylation sites is 2. The highest BCUT2D eigenvalue weighted by Crippen LogP contribution is 2.22. The van der Waals surface area contributed by atoms with E-state index in [1.54, 1.807) is 4.68 Å². The van der Waals surface area contributed by atoms with Crippen molar-refractivity contribution in [2.45, 2.75) is 19.4 Å². The molecular weight excluding hydrogens is 348 g/mol. The lowest BCUT2D eigenvalue weighted by Gasteiger charge is -2.06. The van der Waals surface area contributed by atoms with Crippen LogP contribution in [0.4, 0.5) is 0 Å². The number of nitrogens with one attached hydrogen (secondary N) is 2. The number of nitrogens with zero attached hydrogens (tertiary/aromatic N) is 2. The molecule has 132 valence electrons. The van der Waals surface area contributed by atoms with E-state index in [1.807, 2.05) is 42.6 Å². The number of fused-ring (bicyclic) bond motifs is 2. The number of amides is 1. The predicted molar refractivity (Wildman–Crippen MR) is 104 cm³/mol. The normalized spacial score (nSPS) is 11.3. The SMILES string of the molecule is O=C(CCn1nc(Cl)c2ccccc21)NCCc1c[nH]c2ccccc12. The molecule has 0 fully saturated rings. The van der Waals surface area contributed by atoms with E-state index < -0.39 is 0 Å². The Bertz CT molecular complexity index is 1070. The van der Waals surface area contributed by atoms with Crippen molar-refractivity contribution in [1.29, 1.82) is 0 Å². The van der Waals surface area contributed by atoms with Crippen LogP contribution in [0.5, 0.6) is 0 Å². The zero-order chi connectivity index (χ0) is 17.9. The minimum absolute atomic E-state index is 0.0144. The quantitative estimate of drug-likeness (QED) is 0.543. The first-order chi connectivity index (χ1) is 12.7. The molecule has 5 nitrogen and oxygen atoms in total. The Kier molecular flexibility index (Phi) is 4.63. The van der Waals surface area contributed by atoms with E-state index in [4.69, 9.17) is 11.6 Å². The van der Waals surface area contributed by atoms with Crippen LogP contribution in [0, 0.1) is 0 Å². The van der Waals surface area contributed by atoms with E-state index in [0.29, 0.717) is 24.7 Å². The molecule has 4 aromatic rings. The van der Waals surface area contributed by atoms with Gasteiger partial charge in [-0.25, -0.2) is 0 Å². The summed E-state index contributed by atoms with van der Waals surface area (Å²) in [6.07, 6.45) is 3.18. The monoisotopic (exact) mass is 366 g/mol. The van der Waals surface area contributed by atoms with E-state index in [0.717, 1.165) is 22.8 Å². The van der Waals surface area contributed by atoms with Gasteiger partial charge < -0.3 is 10.3 Å². The molecule has 0 unspecified atom stereocenters. The van der Waals surface area contributed by atoms with E-state index >= 15 is 0 Å². The van der Waals surface area contributed by atoms with Gasteiger partial charge in [0.15, 0.2) is 5.15 Å². The highest BCUT2D eigenvalue weighted by Gasteiger charge is 2.10. The summed E-state index contributed by atoms with van der Waals surface area (Å²) in [5, 5.41) is 9.89. The molecular formula is C20H19ClN4O. The lowest BCUT2D eigenvalue weighted by Crippen LogP contribution is -2.26. The number of carbonyl (C=O) groups is 1. The van der Waals surface area contributed by atoms with Crippen molar-refractivity contribution in [3.8, 4) is 0 Å². The van der Waals surface area contributed by atoms with Gasteiger partial charge in [0.05, 0.1) is 12.1 Å². The molecule has 0 bridgehead atoms. The summed E-state index contributed by atoms with van der Waals surface area (Å²) in [5.74, 6) is 0.0144. The maximum Gasteiger partial charge on any atom is 0.221 e. The van der Waals surface area contributed by atoms with Gasteiger partial charge in [-0.2, -0.15) is 5.10 Å². The maximum atomic E-state index is 12.2. The van der Waals surface area contributed by atoms with Gasteiger partial charge in [0.1, 0.15) is 0 Å². The van der Waals surface area contributed by atoms with Crippen molar-refractivity contribution in [2.75, 3.05) is 6.54 Å². The van der Waals surface area contributed by atoms with Gasteiger partial charge >= 0.3 is 0 Å². The average molecular weight is 367 g/mol. The molecule has 2 aromatic heterocycles. The summed E-state index contributed by atoms with van der Waals surface area (Å²) >= 11 is 6.15. The third kappa shape index (κ3) is 3.30. The molecule has 0 radical (unpaired) electrons. The summed E-state index contributed by atoms with van der Waals surface area (Å²) < 4.78 is 1.79. The molecule has 0 saturated heterocycles. The second-order valence-electron chi connectivity index (χ2n) is 6.24. The summed E-state index contributed by atoms with van der Waals surface area (Å²) in [5.41, 5.74) is 3.28. The minimum atomic E-state index is 0.0144. The Morgan fingerprint density at radius 1 is 1.12 bits per heavy atom. The first kappa shape index (κ1) is 16.7.